The van der Waals surface area contributed by atoms with E-state index in [2.05, 4.69) is 0 Å². The minimum atomic E-state index is -6.00. The van der Waals surface area contributed by atoms with Gasteiger partial charge in [0.2, 0.25) is 0 Å². The second-order valence-corrected chi connectivity index (χ2v) is 10.6. The Morgan fingerprint density at radius 3 is 1.78 bits per heavy atom. The Bertz CT molecular complexity index is 1200. The number of rotatable bonds is 9. The number of hydroxylamine groups is 3. The molecule has 1 fully saturated rings. The van der Waals surface area contributed by atoms with E-state index in [0.717, 1.165) is 5.56 Å². The van der Waals surface area contributed by atoms with Crippen molar-refractivity contribution in [2.24, 2.45) is 0 Å². The first-order chi connectivity index (χ1) is 16.8. The number of methoxy groups -OCH3 is 1. The molecular weight excluding hydrogens is 499 g/mol. The second-order valence-electron chi connectivity index (χ2n) is 9.12. The van der Waals surface area contributed by atoms with Crippen LogP contribution >= 0.6 is 0 Å². The number of benzene rings is 2. The summed E-state index contributed by atoms with van der Waals surface area (Å²) in [4.78, 5) is 26.0. The zero-order chi connectivity index (χ0) is 26.7. The number of aryl methyl sites for hydroxylation is 1. The first-order valence-corrected chi connectivity index (χ1v) is 12.8. The van der Waals surface area contributed by atoms with Crippen LogP contribution in [0, 0.1) is 6.92 Å². The van der Waals surface area contributed by atoms with Gasteiger partial charge in [0.25, 0.3) is 0 Å². The topological polar surface area (TPSA) is 86.7 Å². The van der Waals surface area contributed by atoms with E-state index >= 15 is 0 Å². The van der Waals surface area contributed by atoms with Crippen molar-refractivity contribution >= 4 is 21.7 Å². The summed E-state index contributed by atoms with van der Waals surface area (Å²) in [5.74, 6) is -0.205. The lowest BCUT2D eigenvalue weighted by Gasteiger charge is -2.45. The van der Waals surface area contributed by atoms with E-state index in [9.17, 15) is 31.2 Å². The highest BCUT2D eigenvalue weighted by molar-refractivity contribution is 7.87. The summed E-state index contributed by atoms with van der Waals surface area (Å²) in [6.45, 7) is 1.85. The molecule has 7 nitrogen and oxygen atoms in total. The lowest BCUT2D eigenvalue weighted by Crippen LogP contribution is -2.63. The molecule has 0 spiro atoms. The summed E-state index contributed by atoms with van der Waals surface area (Å²) in [6, 6.07) is 11.1. The summed E-state index contributed by atoms with van der Waals surface area (Å²) >= 11 is 0. The third-order valence-corrected chi connectivity index (χ3v) is 7.78. The summed E-state index contributed by atoms with van der Waals surface area (Å²) in [6.07, 6.45) is 0.511. The molecule has 1 aliphatic rings. The summed E-state index contributed by atoms with van der Waals surface area (Å²) < 4.78 is 73.0. The van der Waals surface area contributed by atoms with E-state index in [0.29, 0.717) is 23.3 Å². The molecule has 1 heterocycles. The molecule has 11 heteroatoms. The molecule has 3 atom stereocenters. The van der Waals surface area contributed by atoms with E-state index in [-0.39, 0.29) is 37.2 Å². The molecule has 0 N–H and O–H groups in total. The molecule has 2 aromatic rings. The van der Waals surface area contributed by atoms with Crippen LogP contribution in [-0.2, 0) is 14.4 Å². The number of quaternary nitrogens is 1. The molecule has 0 aliphatic carbocycles. The van der Waals surface area contributed by atoms with E-state index in [1.54, 1.807) is 36.4 Å². The number of nitrogens with zero attached hydrogens (tertiary/aromatic N) is 1. The monoisotopic (exact) mass is 528 g/mol. The number of hydrogen-bond acceptors (Lipinski definition) is 6. The van der Waals surface area contributed by atoms with Crippen LogP contribution in [0.1, 0.15) is 58.4 Å². The fourth-order valence-electron chi connectivity index (χ4n) is 4.52. The zero-order valence-electron chi connectivity index (χ0n) is 20.2. The van der Waals surface area contributed by atoms with Crippen molar-refractivity contribution in [1.29, 1.82) is 0 Å². The van der Waals surface area contributed by atoms with Crippen LogP contribution in [-0.4, -0.2) is 56.4 Å². The van der Waals surface area contributed by atoms with Crippen LogP contribution in [0.15, 0.2) is 48.5 Å². The van der Waals surface area contributed by atoms with Crippen molar-refractivity contribution in [3.8, 4) is 5.75 Å². The molecule has 0 bridgehead atoms. The Hall–Kier alpha value is -2.76. The molecule has 3 unspecified atom stereocenters. The molecule has 1 saturated heterocycles. The Balaban J connectivity index is 1.92. The fourth-order valence-corrected chi connectivity index (χ4v) is 5.27. The van der Waals surface area contributed by atoms with Crippen LogP contribution in [0.2, 0.25) is 0 Å². The van der Waals surface area contributed by atoms with Gasteiger partial charge in [0.05, 0.1) is 20.0 Å². The van der Waals surface area contributed by atoms with Crippen molar-refractivity contribution in [2.45, 2.75) is 56.6 Å². The average Bonchev–Trinajstić information content (AvgIpc) is 2.81. The molecule has 3 rings (SSSR count). The van der Waals surface area contributed by atoms with E-state index < -0.39 is 32.4 Å². The molecule has 0 aromatic heterocycles. The van der Waals surface area contributed by atoms with Crippen LogP contribution in [0.25, 0.3) is 0 Å². The maximum atomic E-state index is 13.3. The Labute approximate surface area is 208 Å². The van der Waals surface area contributed by atoms with Gasteiger partial charge in [-0.15, -0.1) is 0 Å². The number of alkyl halides is 3. The minimum Gasteiger partial charge on any atom is -0.497 e. The van der Waals surface area contributed by atoms with Gasteiger partial charge in [-0.2, -0.15) is 26.2 Å². The van der Waals surface area contributed by atoms with Crippen molar-refractivity contribution in [1.82, 2.24) is 0 Å². The third-order valence-electron chi connectivity index (χ3n) is 6.69. The number of carbonyl (C=O) groups is 2. The number of halogens is 3. The smallest absolute Gasteiger partial charge is 0.497 e. The summed E-state index contributed by atoms with van der Waals surface area (Å²) in [5, 5.41) is 0. The quantitative estimate of drug-likeness (QED) is 0.259. The second kappa shape index (κ2) is 10.7. The number of likely N-dealkylation sites (tertiary alicyclic amines) is 1. The standard InChI is InChI=1S/C25H29F3NO6S/c1-17-7-9-18(10-8-17)23(30)15-20-5-4-6-21(29(20,2)35-36(32,33)25(26,27)28)16-24(31)19-11-13-22(34-3)14-12-19/h7-14,20-21H,4-6,15-16H2,1-3H3/q+1. The molecule has 0 amide bonds. The predicted molar refractivity (Wildman–Crippen MR) is 126 cm³/mol. The normalized spacial score (nSPS) is 22.7. The lowest BCUT2D eigenvalue weighted by atomic mass is 9.88. The van der Waals surface area contributed by atoms with Gasteiger partial charge in [-0.05, 0) is 37.6 Å². The van der Waals surface area contributed by atoms with Crippen LogP contribution in [0.3, 0.4) is 0 Å². The highest BCUT2D eigenvalue weighted by Crippen LogP contribution is 2.39. The van der Waals surface area contributed by atoms with Crippen LogP contribution in [0.5, 0.6) is 5.75 Å². The Morgan fingerprint density at radius 2 is 1.36 bits per heavy atom. The average molecular weight is 529 g/mol. The van der Waals surface area contributed by atoms with E-state index in [1.807, 2.05) is 6.92 Å². The van der Waals surface area contributed by atoms with Gasteiger partial charge in [0.15, 0.2) is 11.6 Å². The molecular formula is C25H29F3NO6S+. The van der Waals surface area contributed by atoms with Crippen molar-refractivity contribution in [3.05, 3.63) is 65.2 Å². The maximum absolute atomic E-state index is 13.3. The lowest BCUT2D eigenvalue weighted by molar-refractivity contribution is -1.11. The highest BCUT2D eigenvalue weighted by Gasteiger charge is 2.57. The summed E-state index contributed by atoms with van der Waals surface area (Å²) in [7, 11) is -3.32. The highest BCUT2D eigenvalue weighted by atomic mass is 32.2. The van der Waals surface area contributed by atoms with Gasteiger partial charge in [0, 0.05) is 24.0 Å². The van der Waals surface area contributed by atoms with Crippen molar-refractivity contribution in [3.63, 3.8) is 0 Å². The molecule has 1 aliphatic heterocycles. The Morgan fingerprint density at radius 1 is 0.917 bits per heavy atom. The largest absolute Gasteiger partial charge is 0.528 e. The van der Waals surface area contributed by atoms with Gasteiger partial charge >= 0.3 is 15.6 Å². The van der Waals surface area contributed by atoms with Gasteiger partial charge in [0.1, 0.15) is 24.9 Å². The predicted octanol–water partition coefficient (Wildman–Crippen LogP) is 5.00. The molecule has 196 valence electrons. The maximum Gasteiger partial charge on any atom is 0.528 e. The molecule has 0 saturated carbocycles. The van der Waals surface area contributed by atoms with Crippen molar-refractivity contribution < 1.29 is 44.8 Å². The number of Topliss-reactive ketones (excluding diaryl/α,β-unsaturated/α-hetero) is 2. The van der Waals surface area contributed by atoms with Crippen molar-refractivity contribution in [2.75, 3.05) is 14.2 Å². The Kier molecular flexibility index (Phi) is 8.27. The number of ketones is 2. The van der Waals surface area contributed by atoms with Crippen LogP contribution in [0.4, 0.5) is 13.2 Å². The number of piperidine rings is 1. The first-order valence-electron chi connectivity index (χ1n) is 11.4. The van der Waals surface area contributed by atoms with Gasteiger partial charge in [-0.3, -0.25) is 9.59 Å². The van der Waals surface area contributed by atoms with Crippen LogP contribution < -0.4 is 4.74 Å². The van der Waals surface area contributed by atoms with E-state index in [4.69, 9.17) is 9.02 Å². The van der Waals surface area contributed by atoms with Gasteiger partial charge in [-0.1, -0.05) is 34.1 Å². The fraction of sp³-hybridized carbons (Fsp3) is 0.440. The minimum absolute atomic E-state index is 0.236. The number of ether oxygens (including phenoxy) is 1. The molecule has 0 radical (unpaired) electrons. The number of carbonyl (C=O) groups excluding carboxylic acids is 2. The molecule has 36 heavy (non-hydrogen) atoms. The SMILES string of the molecule is COc1ccc(C(=O)CC2CCCC(CC(=O)c3ccc(C)cc3)[N+]2(C)OS(=O)(=O)C(F)(F)F)cc1. The first kappa shape index (κ1) is 27.8. The molecule has 2 aromatic carbocycles. The number of hydrogen-bond donors (Lipinski definition) is 0. The van der Waals surface area contributed by atoms with Gasteiger partial charge in [-0.25, -0.2) is 0 Å². The third kappa shape index (κ3) is 6.13. The van der Waals surface area contributed by atoms with Gasteiger partial charge < -0.3 is 4.74 Å². The summed E-state index contributed by atoms with van der Waals surface area (Å²) in [5.41, 5.74) is -4.05. The zero-order valence-corrected chi connectivity index (χ0v) is 21.1. The van der Waals surface area contributed by atoms with E-state index in [1.165, 1.54) is 26.3 Å².